The molecule has 2 aromatic heterocycles. The van der Waals surface area contributed by atoms with Gasteiger partial charge in [-0.3, -0.25) is 9.59 Å². The Balaban J connectivity index is 1.41. The second-order valence-corrected chi connectivity index (χ2v) is 8.33. The number of thioether (sulfide) groups is 1. The number of aromatic nitrogens is 2. The molecule has 1 saturated carbocycles. The molecule has 0 radical (unpaired) electrons. The number of carbonyl (C=O) groups is 2. The lowest BCUT2D eigenvalue weighted by atomic mass is 9.95. The number of nitrogens with two attached hydrogens (primary N) is 1. The van der Waals surface area contributed by atoms with Gasteiger partial charge in [0.25, 0.3) is 11.1 Å². The van der Waals surface area contributed by atoms with Crippen LogP contribution in [-0.4, -0.2) is 27.8 Å². The van der Waals surface area contributed by atoms with Gasteiger partial charge in [0, 0.05) is 10.8 Å². The second-order valence-electron chi connectivity index (χ2n) is 6.30. The van der Waals surface area contributed by atoms with Crippen LogP contribution in [0.25, 0.3) is 0 Å². The van der Waals surface area contributed by atoms with E-state index in [2.05, 4.69) is 15.5 Å². The summed E-state index contributed by atoms with van der Waals surface area (Å²) in [6.45, 7) is 0. The average molecular weight is 378 g/mol. The van der Waals surface area contributed by atoms with Gasteiger partial charge in [0.2, 0.25) is 11.8 Å². The van der Waals surface area contributed by atoms with Gasteiger partial charge in [-0.1, -0.05) is 11.8 Å². The highest BCUT2D eigenvalue weighted by atomic mass is 32.2. The Morgan fingerprint density at radius 3 is 2.84 bits per heavy atom. The van der Waals surface area contributed by atoms with Crippen molar-refractivity contribution >= 4 is 39.9 Å². The number of carbonyl (C=O) groups excluding carboxylic acids is 2. The van der Waals surface area contributed by atoms with Gasteiger partial charge >= 0.3 is 0 Å². The van der Waals surface area contributed by atoms with Gasteiger partial charge in [-0.05, 0) is 44.1 Å². The van der Waals surface area contributed by atoms with Crippen molar-refractivity contribution in [3.05, 3.63) is 21.9 Å². The molecule has 2 heterocycles. The molecule has 3 N–H and O–H groups in total. The van der Waals surface area contributed by atoms with E-state index in [4.69, 9.17) is 10.2 Å². The van der Waals surface area contributed by atoms with Gasteiger partial charge < -0.3 is 15.5 Å². The van der Waals surface area contributed by atoms with E-state index < -0.39 is 5.91 Å². The minimum absolute atomic E-state index is 0.146. The van der Waals surface area contributed by atoms with Gasteiger partial charge in [0.15, 0.2) is 0 Å². The SMILES string of the molecule is NC(=O)c1c(NC(=O)CSc2nnc(C3CC3)o2)sc2c1CCCC2. The molecule has 2 aliphatic rings. The molecule has 4 rings (SSSR count). The molecule has 0 spiro atoms. The summed E-state index contributed by atoms with van der Waals surface area (Å²) in [6, 6.07) is 0. The molecule has 0 aliphatic heterocycles. The maximum atomic E-state index is 12.3. The van der Waals surface area contributed by atoms with Gasteiger partial charge in [-0.25, -0.2) is 0 Å². The zero-order chi connectivity index (χ0) is 17.4. The van der Waals surface area contributed by atoms with Crippen molar-refractivity contribution in [3.8, 4) is 0 Å². The fourth-order valence-corrected chi connectivity index (χ4v) is 4.86. The Bertz CT molecular complexity index is 825. The molecule has 0 atom stereocenters. The molecule has 0 unspecified atom stereocenters. The summed E-state index contributed by atoms with van der Waals surface area (Å²) in [5.74, 6) is 0.509. The van der Waals surface area contributed by atoms with Crippen LogP contribution in [0.15, 0.2) is 9.64 Å². The van der Waals surface area contributed by atoms with Gasteiger partial charge in [0.1, 0.15) is 5.00 Å². The van der Waals surface area contributed by atoms with E-state index in [1.54, 1.807) is 0 Å². The predicted molar refractivity (Wildman–Crippen MR) is 95.1 cm³/mol. The Labute approximate surface area is 152 Å². The first kappa shape index (κ1) is 16.6. The summed E-state index contributed by atoms with van der Waals surface area (Å²) < 4.78 is 5.53. The number of thiophene rings is 1. The number of hydrogen-bond acceptors (Lipinski definition) is 7. The normalized spacial score (nSPS) is 16.5. The molecule has 1 fully saturated rings. The van der Waals surface area contributed by atoms with Crippen molar-refractivity contribution in [1.29, 1.82) is 0 Å². The molecule has 2 aliphatic carbocycles. The van der Waals surface area contributed by atoms with Crippen molar-refractivity contribution in [2.24, 2.45) is 5.73 Å². The molecule has 132 valence electrons. The maximum Gasteiger partial charge on any atom is 0.277 e. The molecular formula is C16H18N4O3S2. The molecular weight excluding hydrogens is 360 g/mol. The summed E-state index contributed by atoms with van der Waals surface area (Å²) in [5, 5.41) is 11.7. The Hall–Kier alpha value is -1.87. The van der Waals surface area contributed by atoms with E-state index in [1.165, 1.54) is 23.1 Å². The first-order valence-electron chi connectivity index (χ1n) is 8.32. The summed E-state index contributed by atoms with van der Waals surface area (Å²) in [4.78, 5) is 25.2. The largest absolute Gasteiger partial charge is 0.416 e. The maximum absolute atomic E-state index is 12.3. The van der Waals surface area contributed by atoms with Crippen LogP contribution < -0.4 is 11.1 Å². The fourth-order valence-electron chi connectivity index (χ4n) is 2.98. The topological polar surface area (TPSA) is 111 Å². The average Bonchev–Trinajstić information content (AvgIpc) is 3.21. The summed E-state index contributed by atoms with van der Waals surface area (Å²) in [7, 11) is 0. The molecule has 25 heavy (non-hydrogen) atoms. The van der Waals surface area contributed by atoms with Crippen LogP contribution in [0.1, 0.15) is 58.3 Å². The summed E-state index contributed by atoms with van der Waals surface area (Å²) in [6.07, 6.45) is 6.12. The van der Waals surface area contributed by atoms with E-state index >= 15 is 0 Å². The second kappa shape index (κ2) is 6.80. The summed E-state index contributed by atoms with van der Waals surface area (Å²) in [5.41, 5.74) is 7.03. The van der Waals surface area contributed by atoms with Crippen LogP contribution in [0.4, 0.5) is 5.00 Å². The standard InChI is InChI=1S/C16H18N4O3S2/c17-13(22)12-9-3-1-2-4-10(9)25-15(12)18-11(21)7-24-16-20-19-14(23-16)8-5-6-8/h8H,1-7H2,(H2,17,22)(H,18,21). The van der Waals surface area contributed by atoms with Crippen LogP contribution >= 0.6 is 23.1 Å². The lowest BCUT2D eigenvalue weighted by Gasteiger charge is -2.11. The number of anilines is 1. The van der Waals surface area contributed by atoms with E-state index in [-0.39, 0.29) is 11.7 Å². The van der Waals surface area contributed by atoms with Crippen molar-refractivity contribution in [2.45, 2.75) is 49.7 Å². The van der Waals surface area contributed by atoms with Gasteiger partial charge in [0.05, 0.1) is 11.3 Å². The Kier molecular flexibility index (Phi) is 4.51. The van der Waals surface area contributed by atoms with Crippen molar-refractivity contribution in [1.82, 2.24) is 10.2 Å². The minimum atomic E-state index is -0.478. The smallest absolute Gasteiger partial charge is 0.277 e. The highest BCUT2D eigenvalue weighted by Crippen LogP contribution is 2.40. The Morgan fingerprint density at radius 2 is 2.08 bits per heavy atom. The zero-order valence-electron chi connectivity index (χ0n) is 13.5. The van der Waals surface area contributed by atoms with E-state index in [9.17, 15) is 9.59 Å². The van der Waals surface area contributed by atoms with Gasteiger partial charge in [-0.15, -0.1) is 21.5 Å². The Morgan fingerprint density at radius 1 is 1.28 bits per heavy atom. The quantitative estimate of drug-likeness (QED) is 0.748. The number of nitrogens with zero attached hydrogens (tertiary/aromatic N) is 2. The third-order valence-corrected chi connectivity index (χ3v) is 6.37. The van der Waals surface area contributed by atoms with Crippen molar-refractivity contribution < 1.29 is 14.0 Å². The van der Waals surface area contributed by atoms with Crippen LogP contribution in [-0.2, 0) is 17.6 Å². The van der Waals surface area contributed by atoms with Crippen LogP contribution in [0.5, 0.6) is 0 Å². The highest BCUT2D eigenvalue weighted by Gasteiger charge is 2.29. The predicted octanol–water partition coefficient (Wildman–Crippen LogP) is 2.72. The van der Waals surface area contributed by atoms with Crippen LogP contribution in [0.2, 0.25) is 0 Å². The third-order valence-electron chi connectivity index (χ3n) is 4.35. The lowest BCUT2D eigenvalue weighted by molar-refractivity contribution is -0.113. The summed E-state index contributed by atoms with van der Waals surface area (Å²) >= 11 is 2.66. The van der Waals surface area contributed by atoms with E-state index in [0.29, 0.717) is 27.6 Å². The number of primary amides is 1. The zero-order valence-corrected chi connectivity index (χ0v) is 15.2. The molecule has 9 heteroatoms. The molecule has 0 saturated heterocycles. The number of nitrogens with one attached hydrogen (secondary N) is 1. The van der Waals surface area contributed by atoms with Crippen molar-refractivity contribution in [2.75, 3.05) is 11.1 Å². The van der Waals surface area contributed by atoms with Crippen molar-refractivity contribution in [3.63, 3.8) is 0 Å². The van der Waals surface area contributed by atoms with E-state index in [1.807, 2.05) is 0 Å². The lowest BCUT2D eigenvalue weighted by Crippen LogP contribution is -2.19. The van der Waals surface area contributed by atoms with Crippen LogP contribution in [0, 0.1) is 0 Å². The number of hydrogen-bond donors (Lipinski definition) is 2. The van der Waals surface area contributed by atoms with Crippen LogP contribution in [0.3, 0.4) is 0 Å². The number of rotatable bonds is 6. The number of fused-ring (bicyclic) bond motifs is 1. The fraction of sp³-hybridized carbons (Fsp3) is 0.500. The molecule has 2 aromatic rings. The number of aryl methyl sites for hydroxylation is 1. The first-order chi connectivity index (χ1) is 12.1. The molecule has 0 bridgehead atoms. The number of amides is 2. The molecule has 2 amide bonds. The van der Waals surface area contributed by atoms with E-state index in [0.717, 1.165) is 49.0 Å². The minimum Gasteiger partial charge on any atom is -0.416 e. The third kappa shape index (κ3) is 3.57. The monoisotopic (exact) mass is 378 g/mol. The highest BCUT2D eigenvalue weighted by molar-refractivity contribution is 7.99. The first-order valence-corrected chi connectivity index (χ1v) is 10.1. The van der Waals surface area contributed by atoms with Gasteiger partial charge in [-0.2, -0.15) is 0 Å². The molecule has 7 nitrogen and oxygen atoms in total. The molecule has 0 aromatic carbocycles.